The molecule has 1 aromatic carbocycles. The Labute approximate surface area is 100 Å². The molecular formula is C12H15ClN2O. The van der Waals surface area contributed by atoms with Crippen molar-refractivity contribution in [3.63, 3.8) is 0 Å². The number of halogens is 1. The van der Waals surface area contributed by atoms with E-state index in [9.17, 15) is 4.79 Å². The second kappa shape index (κ2) is 6.18. The molecule has 2 N–H and O–H groups in total. The molecule has 16 heavy (non-hydrogen) atoms. The summed E-state index contributed by atoms with van der Waals surface area (Å²) in [5.74, 6) is 0. The van der Waals surface area contributed by atoms with Crippen LogP contribution in [0.25, 0.3) is 0 Å². The van der Waals surface area contributed by atoms with E-state index in [1.807, 2.05) is 13.8 Å². The van der Waals surface area contributed by atoms with Crippen molar-refractivity contribution in [2.24, 2.45) is 0 Å². The second-order valence-corrected chi connectivity index (χ2v) is 3.89. The number of amides is 2. The lowest BCUT2D eigenvalue weighted by atomic mass is 10.3. The highest BCUT2D eigenvalue weighted by Crippen LogP contribution is 2.13. The van der Waals surface area contributed by atoms with Crippen LogP contribution in [0, 0.1) is 0 Å². The molecule has 0 bridgehead atoms. The molecule has 0 aliphatic rings. The van der Waals surface area contributed by atoms with Gasteiger partial charge in [-0.3, -0.25) is 0 Å². The van der Waals surface area contributed by atoms with Gasteiger partial charge in [0, 0.05) is 16.9 Å². The molecule has 1 aromatic rings. The SMILES string of the molecule is CC/C(C)=C/NC(=O)Nc1ccc(Cl)cc1. The van der Waals surface area contributed by atoms with Crippen LogP contribution >= 0.6 is 11.6 Å². The van der Waals surface area contributed by atoms with Crippen molar-refractivity contribution in [2.45, 2.75) is 20.3 Å². The highest BCUT2D eigenvalue weighted by atomic mass is 35.5. The lowest BCUT2D eigenvalue weighted by Crippen LogP contribution is -2.24. The van der Waals surface area contributed by atoms with Gasteiger partial charge in [0.1, 0.15) is 0 Å². The fourth-order valence-electron chi connectivity index (χ4n) is 0.991. The molecule has 0 aliphatic heterocycles. The first kappa shape index (κ1) is 12.6. The van der Waals surface area contributed by atoms with Crippen LogP contribution in [0.1, 0.15) is 20.3 Å². The number of carbonyl (C=O) groups excluding carboxylic acids is 1. The molecule has 0 fully saturated rings. The van der Waals surface area contributed by atoms with Crippen LogP contribution < -0.4 is 10.6 Å². The molecule has 0 radical (unpaired) electrons. The van der Waals surface area contributed by atoms with Crippen LogP contribution in [0.2, 0.25) is 5.02 Å². The van der Waals surface area contributed by atoms with E-state index >= 15 is 0 Å². The molecule has 0 atom stereocenters. The van der Waals surface area contributed by atoms with Crippen LogP contribution in [-0.4, -0.2) is 6.03 Å². The topological polar surface area (TPSA) is 41.1 Å². The van der Waals surface area contributed by atoms with Gasteiger partial charge in [-0.05, 0) is 37.6 Å². The summed E-state index contributed by atoms with van der Waals surface area (Å²) in [6.07, 6.45) is 2.62. The Bertz CT molecular complexity index is 385. The Hall–Kier alpha value is -1.48. The van der Waals surface area contributed by atoms with E-state index in [2.05, 4.69) is 10.6 Å². The summed E-state index contributed by atoms with van der Waals surface area (Å²) in [6, 6.07) is 6.70. The van der Waals surface area contributed by atoms with E-state index in [4.69, 9.17) is 11.6 Å². The lowest BCUT2D eigenvalue weighted by Gasteiger charge is -2.05. The van der Waals surface area contributed by atoms with Gasteiger partial charge < -0.3 is 10.6 Å². The molecular weight excluding hydrogens is 224 g/mol. The summed E-state index contributed by atoms with van der Waals surface area (Å²) in [5.41, 5.74) is 1.83. The highest BCUT2D eigenvalue weighted by molar-refractivity contribution is 6.30. The lowest BCUT2D eigenvalue weighted by molar-refractivity contribution is 0.255. The van der Waals surface area contributed by atoms with E-state index in [-0.39, 0.29) is 6.03 Å². The predicted molar refractivity (Wildman–Crippen MR) is 67.7 cm³/mol. The summed E-state index contributed by atoms with van der Waals surface area (Å²) >= 11 is 5.73. The molecule has 1 rings (SSSR count). The predicted octanol–water partition coefficient (Wildman–Crippen LogP) is 3.78. The summed E-state index contributed by atoms with van der Waals surface area (Å²) in [5, 5.41) is 5.99. The van der Waals surface area contributed by atoms with Crippen molar-refractivity contribution in [2.75, 3.05) is 5.32 Å². The summed E-state index contributed by atoms with van der Waals surface area (Å²) < 4.78 is 0. The van der Waals surface area contributed by atoms with Crippen LogP contribution in [0.3, 0.4) is 0 Å². The number of anilines is 1. The molecule has 2 amide bonds. The number of carbonyl (C=O) groups is 1. The maximum atomic E-state index is 11.4. The summed E-state index contributed by atoms with van der Waals surface area (Å²) in [6.45, 7) is 3.99. The van der Waals surface area contributed by atoms with Crippen LogP contribution in [0.5, 0.6) is 0 Å². The first-order valence-corrected chi connectivity index (χ1v) is 5.48. The third-order valence-electron chi connectivity index (χ3n) is 2.11. The smallest absolute Gasteiger partial charge is 0.314 e. The monoisotopic (exact) mass is 238 g/mol. The first-order valence-electron chi connectivity index (χ1n) is 5.10. The minimum absolute atomic E-state index is 0.255. The van der Waals surface area contributed by atoms with Gasteiger partial charge >= 0.3 is 6.03 Å². The molecule has 0 saturated heterocycles. The Morgan fingerprint density at radius 1 is 1.38 bits per heavy atom. The van der Waals surface area contributed by atoms with Crippen LogP contribution in [0.4, 0.5) is 10.5 Å². The largest absolute Gasteiger partial charge is 0.323 e. The van der Waals surface area contributed by atoms with Gasteiger partial charge in [-0.25, -0.2) is 4.79 Å². The normalized spacial score (nSPS) is 11.1. The molecule has 0 aliphatic carbocycles. The Morgan fingerprint density at radius 3 is 2.56 bits per heavy atom. The van der Waals surface area contributed by atoms with Crippen LogP contribution in [0.15, 0.2) is 36.0 Å². The molecule has 4 heteroatoms. The van der Waals surface area contributed by atoms with E-state index in [1.54, 1.807) is 30.5 Å². The van der Waals surface area contributed by atoms with Gasteiger partial charge in [0.15, 0.2) is 0 Å². The third kappa shape index (κ3) is 4.36. The van der Waals surface area contributed by atoms with Crippen molar-refractivity contribution in [1.29, 1.82) is 0 Å². The number of hydrogen-bond donors (Lipinski definition) is 2. The van der Waals surface area contributed by atoms with Gasteiger partial charge in [-0.2, -0.15) is 0 Å². The van der Waals surface area contributed by atoms with E-state index < -0.39 is 0 Å². The molecule has 0 spiro atoms. The maximum absolute atomic E-state index is 11.4. The number of hydrogen-bond acceptors (Lipinski definition) is 1. The third-order valence-corrected chi connectivity index (χ3v) is 2.36. The molecule has 0 aromatic heterocycles. The molecule has 0 heterocycles. The number of nitrogens with one attached hydrogen (secondary N) is 2. The van der Waals surface area contributed by atoms with E-state index in [1.165, 1.54) is 0 Å². The highest BCUT2D eigenvalue weighted by Gasteiger charge is 1.98. The van der Waals surface area contributed by atoms with Gasteiger partial charge in [0.2, 0.25) is 0 Å². The van der Waals surface area contributed by atoms with Gasteiger partial charge in [-0.1, -0.05) is 24.1 Å². The van der Waals surface area contributed by atoms with Crippen LogP contribution in [-0.2, 0) is 0 Å². The first-order chi connectivity index (χ1) is 7.61. The summed E-state index contributed by atoms with van der Waals surface area (Å²) in [4.78, 5) is 11.4. The zero-order valence-electron chi connectivity index (χ0n) is 9.38. The average molecular weight is 239 g/mol. The Balaban J connectivity index is 2.49. The van der Waals surface area contributed by atoms with Crippen molar-refractivity contribution in [1.82, 2.24) is 5.32 Å². The molecule has 0 saturated carbocycles. The number of allylic oxidation sites excluding steroid dienone is 1. The molecule has 86 valence electrons. The van der Waals surface area contributed by atoms with Crippen molar-refractivity contribution in [3.8, 4) is 0 Å². The molecule has 0 unspecified atom stereocenters. The maximum Gasteiger partial charge on any atom is 0.323 e. The van der Waals surface area contributed by atoms with Crippen molar-refractivity contribution < 1.29 is 4.79 Å². The molecule has 3 nitrogen and oxygen atoms in total. The number of benzene rings is 1. The van der Waals surface area contributed by atoms with Crippen molar-refractivity contribution >= 4 is 23.3 Å². The van der Waals surface area contributed by atoms with Gasteiger partial charge in [-0.15, -0.1) is 0 Å². The standard InChI is InChI=1S/C12H15ClN2O/c1-3-9(2)8-14-12(16)15-11-6-4-10(13)5-7-11/h4-8H,3H2,1-2H3,(H2,14,15,16)/b9-8+. The van der Waals surface area contributed by atoms with Crippen molar-refractivity contribution in [3.05, 3.63) is 41.1 Å². The van der Waals surface area contributed by atoms with E-state index in [0.29, 0.717) is 10.7 Å². The Kier molecular flexibility index (Phi) is 4.86. The minimum Gasteiger partial charge on any atom is -0.314 e. The number of rotatable bonds is 3. The van der Waals surface area contributed by atoms with Gasteiger partial charge in [0.25, 0.3) is 0 Å². The Morgan fingerprint density at radius 2 is 2.00 bits per heavy atom. The fourth-order valence-corrected chi connectivity index (χ4v) is 1.12. The zero-order valence-corrected chi connectivity index (χ0v) is 10.1. The zero-order chi connectivity index (χ0) is 12.0. The average Bonchev–Trinajstić information content (AvgIpc) is 2.29. The quantitative estimate of drug-likeness (QED) is 0.827. The van der Waals surface area contributed by atoms with Gasteiger partial charge in [0.05, 0.1) is 0 Å². The second-order valence-electron chi connectivity index (χ2n) is 3.45. The van der Waals surface area contributed by atoms with E-state index in [0.717, 1.165) is 12.0 Å². The number of urea groups is 1. The summed E-state index contributed by atoms with van der Waals surface area (Å²) in [7, 11) is 0. The fraction of sp³-hybridized carbons (Fsp3) is 0.250. The minimum atomic E-state index is -0.255.